The molecule has 3 nitrogen and oxygen atoms in total. The number of hydrogen-bond donors (Lipinski definition) is 2. The van der Waals surface area contributed by atoms with Crippen molar-refractivity contribution >= 4 is 33.2 Å². The van der Waals surface area contributed by atoms with E-state index in [4.69, 9.17) is 5.73 Å². The van der Waals surface area contributed by atoms with Crippen LogP contribution < -0.4 is 11.1 Å². The number of thiophene rings is 1. The Morgan fingerprint density at radius 1 is 1.28 bits per heavy atom. The quantitative estimate of drug-likeness (QED) is 0.877. The molecule has 0 aromatic carbocycles. The lowest BCUT2D eigenvalue weighted by Crippen LogP contribution is -2.33. The lowest BCUT2D eigenvalue weighted by Gasteiger charge is -2.14. The van der Waals surface area contributed by atoms with Crippen LogP contribution in [0.5, 0.6) is 0 Å². The van der Waals surface area contributed by atoms with Crippen LogP contribution in [0, 0.1) is 11.8 Å². The third kappa shape index (κ3) is 2.49. The fourth-order valence-corrected chi connectivity index (χ4v) is 4.76. The summed E-state index contributed by atoms with van der Waals surface area (Å²) in [5, 5.41) is 3.16. The van der Waals surface area contributed by atoms with E-state index in [0.717, 1.165) is 46.2 Å². The molecule has 0 bridgehead atoms. The number of nitrogens with one attached hydrogen (secondary N) is 1. The number of halogens is 1. The van der Waals surface area contributed by atoms with Crippen molar-refractivity contribution in [1.29, 1.82) is 0 Å². The average molecular weight is 329 g/mol. The van der Waals surface area contributed by atoms with E-state index < -0.39 is 0 Å². The van der Waals surface area contributed by atoms with Crippen molar-refractivity contribution in [2.45, 2.75) is 37.8 Å². The zero-order chi connectivity index (χ0) is 12.7. The molecule has 2 aliphatic carbocycles. The van der Waals surface area contributed by atoms with Gasteiger partial charge in [0.25, 0.3) is 5.91 Å². The molecule has 2 aliphatic rings. The molecule has 2 atom stereocenters. The number of carbonyl (C=O) groups excluding carboxylic acids is 1. The zero-order valence-electron chi connectivity index (χ0n) is 10.1. The highest BCUT2D eigenvalue weighted by Gasteiger charge is 2.40. The molecular formula is C13H17BrN2OS. The van der Waals surface area contributed by atoms with Gasteiger partial charge in [-0.3, -0.25) is 4.79 Å². The summed E-state index contributed by atoms with van der Waals surface area (Å²) in [5.74, 6) is 1.54. The first-order valence-electron chi connectivity index (χ1n) is 6.43. The van der Waals surface area contributed by atoms with Crippen LogP contribution in [-0.4, -0.2) is 18.0 Å². The molecule has 0 spiro atoms. The van der Waals surface area contributed by atoms with Crippen LogP contribution in [0.4, 0.5) is 0 Å². The summed E-state index contributed by atoms with van der Waals surface area (Å²) in [5.41, 5.74) is 5.97. The summed E-state index contributed by atoms with van der Waals surface area (Å²) in [6.07, 6.45) is 4.50. The van der Waals surface area contributed by atoms with E-state index >= 15 is 0 Å². The maximum Gasteiger partial charge on any atom is 0.261 e. The van der Waals surface area contributed by atoms with Gasteiger partial charge in [-0.15, -0.1) is 11.3 Å². The first-order chi connectivity index (χ1) is 8.61. The van der Waals surface area contributed by atoms with Gasteiger partial charge in [-0.05, 0) is 65.6 Å². The lowest BCUT2D eigenvalue weighted by molar-refractivity contribution is 0.0940. The number of fused-ring (bicyclic) bond motifs is 1. The molecule has 2 unspecified atom stereocenters. The predicted octanol–water partition coefficient (Wildman–Crippen LogP) is 2.76. The van der Waals surface area contributed by atoms with Gasteiger partial charge in [0, 0.05) is 12.1 Å². The van der Waals surface area contributed by atoms with Crippen LogP contribution in [0.2, 0.25) is 0 Å². The third-order valence-electron chi connectivity index (χ3n) is 4.18. The predicted molar refractivity (Wildman–Crippen MR) is 76.7 cm³/mol. The topological polar surface area (TPSA) is 55.1 Å². The standard InChI is InChI=1S/C13H17BrN2OS/c14-12-2-1-11(18-12)13(17)16-10-5-7-3-9(15)4-8(7)6-10/h1-2,7-10H,3-6,15H2,(H,16,17). The second-order valence-corrected chi connectivity index (χ2v) is 7.96. The minimum absolute atomic E-state index is 0.0694. The first kappa shape index (κ1) is 12.6. The van der Waals surface area contributed by atoms with E-state index in [2.05, 4.69) is 21.2 Å². The van der Waals surface area contributed by atoms with E-state index in [1.807, 2.05) is 12.1 Å². The largest absolute Gasteiger partial charge is 0.349 e. The summed E-state index contributed by atoms with van der Waals surface area (Å²) in [6, 6.07) is 4.53. The van der Waals surface area contributed by atoms with Gasteiger partial charge in [-0.1, -0.05) is 0 Å². The first-order valence-corrected chi connectivity index (χ1v) is 8.04. The van der Waals surface area contributed by atoms with Crippen LogP contribution in [0.15, 0.2) is 15.9 Å². The average Bonchev–Trinajstić information content (AvgIpc) is 2.92. The Bertz CT molecular complexity index is 448. The highest BCUT2D eigenvalue weighted by atomic mass is 79.9. The van der Waals surface area contributed by atoms with Crippen LogP contribution in [0.3, 0.4) is 0 Å². The second-order valence-electron chi connectivity index (χ2n) is 5.50. The Labute approximate surface area is 119 Å². The van der Waals surface area contributed by atoms with Crippen LogP contribution >= 0.6 is 27.3 Å². The molecule has 0 radical (unpaired) electrons. The van der Waals surface area contributed by atoms with Gasteiger partial charge >= 0.3 is 0 Å². The summed E-state index contributed by atoms with van der Waals surface area (Å²) >= 11 is 4.87. The van der Waals surface area contributed by atoms with Gasteiger partial charge in [0.05, 0.1) is 8.66 Å². The third-order valence-corrected chi connectivity index (χ3v) is 5.81. The van der Waals surface area contributed by atoms with Crippen molar-refractivity contribution < 1.29 is 4.79 Å². The Balaban J connectivity index is 1.57. The fourth-order valence-electron chi connectivity index (χ4n) is 3.47. The highest BCUT2D eigenvalue weighted by molar-refractivity contribution is 9.11. The summed E-state index contributed by atoms with van der Waals surface area (Å²) in [4.78, 5) is 12.8. The van der Waals surface area contributed by atoms with E-state index in [1.165, 1.54) is 11.3 Å². The molecule has 18 heavy (non-hydrogen) atoms. The molecule has 98 valence electrons. The highest BCUT2D eigenvalue weighted by Crippen LogP contribution is 2.43. The monoisotopic (exact) mass is 328 g/mol. The number of hydrogen-bond acceptors (Lipinski definition) is 3. The lowest BCUT2D eigenvalue weighted by atomic mass is 10.0. The molecule has 3 rings (SSSR count). The minimum Gasteiger partial charge on any atom is -0.349 e. The Kier molecular flexibility index (Phi) is 3.47. The van der Waals surface area contributed by atoms with Crippen molar-refractivity contribution in [2.24, 2.45) is 17.6 Å². The molecule has 0 saturated heterocycles. The molecule has 3 N–H and O–H groups in total. The van der Waals surface area contributed by atoms with Crippen LogP contribution in [-0.2, 0) is 0 Å². The smallest absolute Gasteiger partial charge is 0.261 e. The fraction of sp³-hybridized carbons (Fsp3) is 0.615. The van der Waals surface area contributed by atoms with Gasteiger partial charge in [-0.25, -0.2) is 0 Å². The maximum atomic E-state index is 12.1. The molecular weight excluding hydrogens is 312 g/mol. The molecule has 5 heteroatoms. The van der Waals surface area contributed by atoms with Crippen molar-refractivity contribution in [2.75, 3.05) is 0 Å². The Morgan fingerprint density at radius 3 is 2.50 bits per heavy atom. The summed E-state index contributed by atoms with van der Waals surface area (Å²) < 4.78 is 1.00. The van der Waals surface area contributed by atoms with Gasteiger partial charge in [-0.2, -0.15) is 0 Å². The molecule has 2 fully saturated rings. The van der Waals surface area contributed by atoms with Crippen molar-refractivity contribution in [3.05, 3.63) is 20.8 Å². The van der Waals surface area contributed by atoms with E-state index in [1.54, 1.807) is 0 Å². The number of nitrogens with two attached hydrogens (primary N) is 1. The van der Waals surface area contributed by atoms with E-state index in [0.29, 0.717) is 12.1 Å². The second kappa shape index (κ2) is 4.94. The minimum atomic E-state index is 0.0694. The maximum absolute atomic E-state index is 12.1. The number of carbonyl (C=O) groups is 1. The van der Waals surface area contributed by atoms with Crippen LogP contribution in [0.1, 0.15) is 35.4 Å². The Hall–Kier alpha value is -0.390. The molecule has 1 aromatic heterocycles. The van der Waals surface area contributed by atoms with Crippen molar-refractivity contribution in [3.63, 3.8) is 0 Å². The molecule has 2 saturated carbocycles. The summed E-state index contributed by atoms with van der Waals surface area (Å²) in [7, 11) is 0. The zero-order valence-corrected chi connectivity index (χ0v) is 12.5. The van der Waals surface area contributed by atoms with Crippen molar-refractivity contribution in [3.8, 4) is 0 Å². The van der Waals surface area contributed by atoms with E-state index in [-0.39, 0.29) is 5.91 Å². The number of rotatable bonds is 2. The number of amides is 1. The van der Waals surface area contributed by atoms with Gasteiger partial charge in [0.1, 0.15) is 0 Å². The molecule has 1 aromatic rings. The van der Waals surface area contributed by atoms with Crippen molar-refractivity contribution in [1.82, 2.24) is 5.32 Å². The van der Waals surface area contributed by atoms with Crippen LogP contribution in [0.25, 0.3) is 0 Å². The molecule has 1 heterocycles. The van der Waals surface area contributed by atoms with E-state index in [9.17, 15) is 4.79 Å². The normalized spacial score (nSPS) is 34.6. The Morgan fingerprint density at radius 2 is 1.94 bits per heavy atom. The molecule has 1 amide bonds. The van der Waals surface area contributed by atoms with Gasteiger partial charge < -0.3 is 11.1 Å². The SMILES string of the molecule is NC1CC2CC(NC(=O)c3ccc(Br)s3)CC2C1. The van der Waals surface area contributed by atoms with Gasteiger partial charge in [0.2, 0.25) is 0 Å². The van der Waals surface area contributed by atoms with Gasteiger partial charge in [0.15, 0.2) is 0 Å². The summed E-state index contributed by atoms with van der Waals surface area (Å²) in [6.45, 7) is 0. The molecule has 0 aliphatic heterocycles.